The Balaban J connectivity index is 2.04. The second-order valence-electron chi connectivity index (χ2n) is 4.55. The Hall–Kier alpha value is -1.71. The summed E-state index contributed by atoms with van der Waals surface area (Å²) < 4.78 is 28.3. The largest absolute Gasteiger partial charge is 0.477 e. The molecule has 2 rings (SSSR count). The molecule has 0 spiro atoms. The number of hydrogen-bond donors (Lipinski definition) is 2. The third kappa shape index (κ3) is 3.69. The first-order valence-corrected chi connectivity index (χ1v) is 8.40. The summed E-state index contributed by atoms with van der Waals surface area (Å²) in [5.41, 5.74) is 1.37. The molecule has 0 aromatic carbocycles. The number of nitrogens with zero attached hydrogens (tertiary/aromatic N) is 2. The summed E-state index contributed by atoms with van der Waals surface area (Å²) in [5.74, 6) is -1.12. The fraction of sp³-hybridized carbons (Fsp3) is 0.333. The van der Waals surface area contributed by atoms with Crippen LogP contribution in [0.1, 0.15) is 20.8 Å². The molecule has 0 unspecified atom stereocenters. The number of nitrogens with one attached hydrogen (secondary N) is 1. The van der Waals surface area contributed by atoms with Gasteiger partial charge in [-0.25, -0.2) is 17.9 Å². The monoisotopic (exact) mass is 329 g/mol. The maximum absolute atomic E-state index is 12.1. The third-order valence-corrected chi connectivity index (χ3v) is 5.98. The molecule has 2 aromatic rings. The summed E-state index contributed by atoms with van der Waals surface area (Å²) in [6.07, 6.45) is 4.00. The number of carbonyl (C=O) groups is 1. The summed E-state index contributed by atoms with van der Waals surface area (Å²) >= 11 is 0.758. The molecule has 2 aromatic heterocycles. The average Bonchev–Trinajstić information content (AvgIpc) is 2.96. The molecule has 0 atom stereocenters. The molecule has 0 saturated heterocycles. The van der Waals surface area contributed by atoms with Crippen molar-refractivity contribution in [3.05, 3.63) is 34.5 Å². The number of rotatable bonds is 6. The van der Waals surface area contributed by atoms with Crippen LogP contribution in [0.5, 0.6) is 0 Å². The first-order valence-electron chi connectivity index (χ1n) is 6.10. The molecule has 0 aliphatic rings. The SMILES string of the molecule is Cc1cc(S(=O)(=O)NCCc2cnn(C)c2)sc1C(=O)O. The Bertz CT molecular complexity index is 761. The molecule has 0 aliphatic carbocycles. The van der Waals surface area contributed by atoms with Crippen molar-refractivity contribution in [2.75, 3.05) is 6.54 Å². The predicted molar refractivity (Wildman–Crippen MR) is 78.1 cm³/mol. The van der Waals surface area contributed by atoms with E-state index >= 15 is 0 Å². The second-order valence-corrected chi connectivity index (χ2v) is 7.60. The van der Waals surface area contributed by atoms with Crippen LogP contribution in [0.2, 0.25) is 0 Å². The van der Waals surface area contributed by atoms with E-state index in [0.29, 0.717) is 12.0 Å². The number of hydrogen-bond acceptors (Lipinski definition) is 5. The smallest absolute Gasteiger partial charge is 0.346 e. The van der Waals surface area contributed by atoms with Crippen LogP contribution in [0.3, 0.4) is 0 Å². The van der Waals surface area contributed by atoms with Crippen molar-refractivity contribution in [1.29, 1.82) is 0 Å². The Labute approximate surface area is 126 Å². The summed E-state index contributed by atoms with van der Waals surface area (Å²) in [5, 5.41) is 13.0. The summed E-state index contributed by atoms with van der Waals surface area (Å²) in [6, 6.07) is 1.38. The van der Waals surface area contributed by atoms with Gasteiger partial charge in [-0.1, -0.05) is 0 Å². The molecule has 114 valence electrons. The highest BCUT2D eigenvalue weighted by atomic mass is 32.2. The van der Waals surface area contributed by atoms with Crippen LogP contribution in [-0.4, -0.2) is 35.8 Å². The molecule has 0 fully saturated rings. The number of aromatic carboxylic acids is 1. The van der Waals surface area contributed by atoms with Crippen LogP contribution in [0, 0.1) is 6.92 Å². The molecule has 0 bridgehead atoms. The van der Waals surface area contributed by atoms with E-state index in [1.807, 2.05) is 6.20 Å². The highest BCUT2D eigenvalue weighted by Crippen LogP contribution is 2.25. The van der Waals surface area contributed by atoms with Crippen molar-refractivity contribution < 1.29 is 18.3 Å². The number of sulfonamides is 1. The van der Waals surface area contributed by atoms with Crippen molar-refractivity contribution >= 4 is 27.3 Å². The lowest BCUT2D eigenvalue weighted by Crippen LogP contribution is -2.25. The maximum Gasteiger partial charge on any atom is 0.346 e. The molecule has 21 heavy (non-hydrogen) atoms. The highest BCUT2D eigenvalue weighted by molar-refractivity contribution is 7.91. The van der Waals surface area contributed by atoms with E-state index in [0.717, 1.165) is 16.9 Å². The van der Waals surface area contributed by atoms with Crippen molar-refractivity contribution in [3.8, 4) is 0 Å². The molecular weight excluding hydrogens is 314 g/mol. The zero-order valence-corrected chi connectivity index (χ0v) is 13.2. The summed E-state index contributed by atoms with van der Waals surface area (Å²) in [7, 11) is -1.89. The Morgan fingerprint density at radius 1 is 1.52 bits per heavy atom. The molecular formula is C12H15N3O4S2. The quantitative estimate of drug-likeness (QED) is 0.823. The van der Waals surface area contributed by atoms with Crippen LogP contribution in [0.25, 0.3) is 0 Å². The van der Waals surface area contributed by atoms with Gasteiger partial charge in [0.25, 0.3) is 0 Å². The zero-order valence-electron chi connectivity index (χ0n) is 11.5. The van der Waals surface area contributed by atoms with E-state index < -0.39 is 16.0 Å². The lowest BCUT2D eigenvalue weighted by atomic mass is 10.3. The molecule has 0 saturated carbocycles. The van der Waals surface area contributed by atoms with Gasteiger partial charge in [-0.15, -0.1) is 11.3 Å². The minimum absolute atomic E-state index is 0.0172. The summed E-state index contributed by atoms with van der Waals surface area (Å²) in [4.78, 5) is 11.0. The second kappa shape index (κ2) is 5.96. The van der Waals surface area contributed by atoms with Crippen LogP contribution in [0.4, 0.5) is 0 Å². The Kier molecular flexibility index (Phi) is 4.45. The van der Waals surface area contributed by atoms with E-state index in [9.17, 15) is 13.2 Å². The van der Waals surface area contributed by atoms with Gasteiger partial charge in [-0.3, -0.25) is 4.68 Å². The molecule has 0 radical (unpaired) electrons. The van der Waals surface area contributed by atoms with Gasteiger partial charge in [-0.05, 0) is 30.5 Å². The van der Waals surface area contributed by atoms with E-state index in [1.165, 1.54) is 6.07 Å². The Morgan fingerprint density at radius 2 is 2.24 bits per heavy atom. The van der Waals surface area contributed by atoms with Gasteiger partial charge in [-0.2, -0.15) is 5.10 Å². The number of carboxylic acids is 1. The van der Waals surface area contributed by atoms with Gasteiger partial charge >= 0.3 is 5.97 Å². The van der Waals surface area contributed by atoms with E-state index in [-0.39, 0.29) is 15.6 Å². The predicted octanol–water partition coefficient (Wildman–Crippen LogP) is 1.01. The van der Waals surface area contributed by atoms with Crippen molar-refractivity contribution in [2.24, 2.45) is 7.05 Å². The molecule has 2 heterocycles. The van der Waals surface area contributed by atoms with E-state index in [2.05, 4.69) is 9.82 Å². The fourth-order valence-corrected chi connectivity index (χ4v) is 4.25. The minimum atomic E-state index is -3.68. The maximum atomic E-state index is 12.1. The zero-order chi connectivity index (χ0) is 15.6. The highest BCUT2D eigenvalue weighted by Gasteiger charge is 2.21. The molecule has 0 aliphatic heterocycles. The molecule has 7 nitrogen and oxygen atoms in total. The first kappa shape index (κ1) is 15.7. The van der Waals surface area contributed by atoms with E-state index in [1.54, 1.807) is 24.9 Å². The average molecular weight is 329 g/mol. The molecule has 2 N–H and O–H groups in total. The van der Waals surface area contributed by atoms with Crippen molar-refractivity contribution in [1.82, 2.24) is 14.5 Å². The van der Waals surface area contributed by atoms with Gasteiger partial charge in [0.15, 0.2) is 0 Å². The van der Waals surface area contributed by atoms with Gasteiger partial charge in [0.05, 0.1) is 6.20 Å². The standard InChI is InChI=1S/C12H15N3O4S2/c1-8-5-10(20-11(8)12(16)17)21(18,19)14-4-3-9-6-13-15(2)7-9/h5-7,14H,3-4H2,1-2H3,(H,16,17). The van der Waals surface area contributed by atoms with Crippen LogP contribution in [-0.2, 0) is 23.5 Å². The molecule has 9 heteroatoms. The number of carboxylic acid groups (broad SMARTS) is 1. The third-order valence-electron chi connectivity index (χ3n) is 2.82. The van der Waals surface area contributed by atoms with Crippen LogP contribution >= 0.6 is 11.3 Å². The fourth-order valence-electron chi connectivity index (χ4n) is 1.80. The van der Waals surface area contributed by atoms with Crippen molar-refractivity contribution in [2.45, 2.75) is 17.6 Å². The van der Waals surface area contributed by atoms with Gasteiger partial charge in [0, 0.05) is 19.8 Å². The van der Waals surface area contributed by atoms with E-state index in [4.69, 9.17) is 5.11 Å². The number of thiophene rings is 1. The lowest BCUT2D eigenvalue weighted by Gasteiger charge is -2.03. The normalized spacial score (nSPS) is 11.7. The molecule has 0 amide bonds. The topological polar surface area (TPSA) is 101 Å². The summed E-state index contributed by atoms with van der Waals surface area (Å²) in [6.45, 7) is 1.81. The van der Waals surface area contributed by atoms with Crippen molar-refractivity contribution in [3.63, 3.8) is 0 Å². The first-order chi connectivity index (χ1) is 9.79. The number of aryl methyl sites for hydroxylation is 2. The lowest BCUT2D eigenvalue weighted by molar-refractivity contribution is 0.0701. The Morgan fingerprint density at radius 3 is 2.76 bits per heavy atom. The van der Waals surface area contributed by atoms with Crippen LogP contribution in [0.15, 0.2) is 22.7 Å². The van der Waals surface area contributed by atoms with Gasteiger partial charge in [0.2, 0.25) is 10.0 Å². The van der Waals surface area contributed by atoms with Gasteiger partial charge < -0.3 is 5.11 Å². The minimum Gasteiger partial charge on any atom is -0.477 e. The van der Waals surface area contributed by atoms with Crippen LogP contribution < -0.4 is 4.72 Å². The number of aromatic nitrogens is 2. The van der Waals surface area contributed by atoms with Gasteiger partial charge in [0.1, 0.15) is 9.09 Å².